The fourth-order valence-corrected chi connectivity index (χ4v) is 21.3. The van der Waals surface area contributed by atoms with Gasteiger partial charge in [0.2, 0.25) is 53.5 Å². The molecule has 0 aliphatic carbocycles. The minimum Gasteiger partial charge on any atom is -0.341 e. The van der Waals surface area contributed by atoms with Crippen LogP contribution in [0.2, 0.25) is 0 Å². The third-order valence-electron chi connectivity index (χ3n) is 29.3. The maximum Gasteiger partial charge on any atom is 0.233 e. The molecule has 0 N–H and O–H groups in total. The zero-order chi connectivity index (χ0) is 87.7. The molecule has 5 saturated heterocycles. The van der Waals surface area contributed by atoms with E-state index in [0.29, 0.717) is 37.1 Å². The molecule has 118 heavy (non-hydrogen) atoms. The molecule has 0 spiro atoms. The summed E-state index contributed by atoms with van der Waals surface area (Å²) in [5.41, 5.74) is -2.40. The van der Waals surface area contributed by atoms with Crippen molar-refractivity contribution in [3.05, 3.63) is 0 Å². The van der Waals surface area contributed by atoms with E-state index < -0.39 is 11.1 Å². The van der Waals surface area contributed by atoms with Crippen molar-refractivity contribution in [3.63, 3.8) is 0 Å². The Bertz CT molecular complexity index is 3380. The summed E-state index contributed by atoms with van der Waals surface area (Å²) < 4.78 is 0. The van der Waals surface area contributed by atoms with Crippen molar-refractivity contribution < 1.29 is 4.84 Å². The van der Waals surface area contributed by atoms with E-state index in [1.807, 2.05) is 7.11 Å². The number of aromatic nitrogens is 9. The van der Waals surface area contributed by atoms with Crippen LogP contribution < -0.4 is 44.1 Å². The van der Waals surface area contributed by atoms with E-state index in [4.69, 9.17) is 49.7 Å². The summed E-state index contributed by atoms with van der Waals surface area (Å²) in [6, 6.07) is -0.125. The lowest BCUT2D eigenvalue weighted by molar-refractivity contribution is -0.266. The fourth-order valence-electron chi connectivity index (χ4n) is 21.3. The van der Waals surface area contributed by atoms with Gasteiger partial charge in [-0.25, -0.2) is 0 Å². The van der Waals surface area contributed by atoms with E-state index in [9.17, 15) is 0 Å². The van der Waals surface area contributed by atoms with Crippen molar-refractivity contribution in [3.8, 4) is 0 Å². The fraction of sp³-hybridized carbons (Fsp3) is 0.904. The SMILES string of the molecule is CCCCN(CCCC)c1nc(N(CCCC)CCCC)nc(N(CN(c2nc(N(C)C3CC(C)(C)N(C)C(C)(C)C3)nc(N(CN(c3nc(N(CCCC)CCCC)nc(N(CCCC)CCCC)n3)C3CC(C)(C)N(OC)C(C)(C)C3)C3CC(C)(C)N(C)C(C)(C)C3)n2)C2CC(C)(C)N(C)C(C)(C)C2)C2CC(C)(C)N(C)C(C)(C)C2)n1. The van der Waals surface area contributed by atoms with E-state index in [1.165, 1.54) is 0 Å². The van der Waals surface area contributed by atoms with Crippen LogP contribution in [0, 0.1) is 0 Å². The van der Waals surface area contributed by atoms with Crippen LogP contribution in [0.5, 0.6) is 0 Å². The van der Waals surface area contributed by atoms with Gasteiger partial charge in [0.1, 0.15) is 0 Å². The summed E-state index contributed by atoms with van der Waals surface area (Å²) in [5.74, 6) is 6.58. The van der Waals surface area contributed by atoms with E-state index >= 15 is 0 Å². The maximum absolute atomic E-state index is 6.53. The number of likely N-dealkylation sites (tertiary alicyclic amines) is 4. The van der Waals surface area contributed by atoms with Crippen molar-refractivity contribution in [2.24, 2.45) is 0 Å². The maximum atomic E-state index is 6.53. The molecule has 0 unspecified atom stereocenters. The van der Waals surface area contributed by atoms with Crippen LogP contribution >= 0.6 is 0 Å². The lowest BCUT2D eigenvalue weighted by Crippen LogP contribution is -2.66. The number of piperidine rings is 5. The minimum atomic E-state index is -0.401. The molecule has 0 radical (unpaired) electrons. The molecule has 0 bridgehead atoms. The topological polar surface area (TPSA) is 171 Å². The first-order valence-corrected chi connectivity index (χ1v) is 47.5. The van der Waals surface area contributed by atoms with E-state index in [0.717, 1.165) is 249 Å². The van der Waals surface area contributed by atoms with Crippen LogP contribution in [-0.4, -0.2) is 263 Å². The summed E-state index contributed by atoms with van der Waals surface area (Å²) in [7, 11) is 13.5. The van der Waals surface area contributed by atoms with E-state index in [1.54, 1.807) is 0 Å². The first kappa shape index (κ1) is 98.4. The summed E-state index contributed by atoms with van der Waals surface area (Å²) in [5, 5.41) is 2.26. The average molecular weight is 1650 g/mol. The van der Waals surface area contributed by atoms with Crippen LogP contribution in [0.3, 0.4) is 0 Å². The molecule has 0 saturated carbocycles. The van der Waals surface area contributed by atoms with Gasteiger partial charge in [0.15, 0.2) is 0 Å². The van der Waals surface area contributed by atoms with Gasteiger partial charge >= 0.3 is 0 Å². The van der Waals surface area contributed by atoms with Crippen LogP contribution in [0.25, 0.3) is 0 Å². The molecular weight excluding hydrogens is 1470 g/mol. The van der Waals surface area contributed by atoms with Gasteiger partial charge in [-0.3, -0.25) is 19.6 Å². The number of anilines is 9. The molecule has 3 aromatic heterocycles. The molecule has 676 valence electrons. The number of hydroxylamine groups is 2. The Hall–Kier alpha value is -5.01. The van der Waals surface area contributed by atoms with Gasteiger partial charge in [-0.1, -0.05) is 107 Å². The van der Waals surface area contributed by atoms with Crippen molar-refractivity contribution in [1.82, 2.24) is 69.5 Å². The summed E-state index contributed by atoms with van der Waals surface area (Å²) in [6.45, 7) is 75.0. The summed E-state index contributed by atoms with van der Waals surface area (Å²) in [4.78, 5) is 94.3. The molecule has 0 aromatic carbocycles. The third-order valence-corrected chi connectivity index (χ3v) is 29.3. The molecule has 3 aromatic rings. The number of hydrogen-bond donors (Lipinski definition) is 0. The monoisotopic (exact) mass is 1650 g/mol. The first-order valence-electron chi connectivity index (χ1n) is 47.5. The summed E-state index contributed by atoms with van der Waals surface area (Å²) in [6.07, 6.45) is 25.5. The molecule has 0 atom stereocenters. The molecule has 5 aliphatic heterocycles. The van der Waals surface area contributed by atoms with E-state index in [2.05, 4.69) is 298 Å². The Balaban J connectivity index is 1.57. The predicted octanol–water partition coefficient (Wildman–Crippen LogP) is 19.0. The van der Waals surface area contributed by atoms with Gasteiger partial charge in [-0.05, 0) is 282 Å². The average Bonchev–Trinajstić information content (AvgIpc) is 0.735. The van der Waals surface area contributed by atoms with E-state index in [-0.39, 0.29) is 74.5 Å². The van der Waals surface area contributed by atoms with Crippen molar-refractivity contribution in [1.29, 1.82) is 0 Å². The van der Waals surface area contributed by atoms with Crippen LogP contribution in [0.15, 0.2) is 0 Å². The number of unbranched alkanes of at least 4 members (excludes halogenated alkanes) is 8. The Labute approximate surface area is 722 Å². The highest BCUT2D eigenvalue weighted by Gasteiger charge is 2.54. The van der Waals surface area contributed by atoms with Crippen LogP contribution in [-0.2, 0) is 4.84 Å². The molecule has 8 rings (SSSR count). The third kappa shape index (κ3) is 23.5. The summed E-state index contributed by atoms with van der Waals surface area (Å²) >= 11 is 0. The zero-order valence-electron chi connectivity index (χ0n) is 82.5. The second kappa shape index (κ2) is 40.3. The second-order valence-corrected chi connectivity index (χ2v) is 43.4. The smallest absolute Gasteiger partial charge is 0.233 e. The quantitative estimate of drug-likeness (QED) is 0.0490. The largest absolute Gasteiger partial charge is 0.341 e. The van der Waals surface area contributed by atoms with Crippen molar-refractivity contribution >= 4 is 53.5 Å². The molecule has 24 heteroatoms. The normalized spacial score (nSPS) is 21.7. The lowest BCUT2D eigenvalue weighted by Gasteiger charge is -2.58. The minimum absolute atomic E-state index is 0.00708. The molecule has 24 nitrogen and oxygen atoms in total. The Morgan fingerprint density at radius 3 is 0.602 bits per heavy atom. The van der Waals surface area contributed by atoms with Gasteiger partial charge in [0, 0.05) is 145 Å². The zero-order valence-corrected chi connectivity index (χ0v) is 82.5. The predicted molar refractivity (Wildman–Crippen MR) is 501 cm³/mol. The standard InChI is InChI=1S/C94H179N23O/c1-35-43-51-109(52-44-36-2)77-97-78(110(53-45-37-3)54-46-38-4)100-83(99-77)115(74-65-91(21,22)108(33)92(23,24)66-74)69-113(72-61-87(13,14)106(31)88(15,16)62-72)81-95-76(104(29)71-59-85(9,10)105(30)86(11,12)60-71)96-82(103-81)114(73-63-89(17,18)107(32)90(19,20)64-73)70-116(75-67-93(25,26)117(118-34)94(27,28)68-75)84-101-79(111(55-47-39-5)56-48-40-6)98-80(102-84)112(57-49-41-7)58-50-42-8/h71-75H,35-70H2,1-34H3. The van der Waals surface area contributed by atoms with Gasteiger partial charge in [0.25, 0.3) is 0 Å². The van der Waals surface area contributed by atoms with Crippen LogP contribution in [0.4, 0.5) is 53.5 Å². The highest BCUT2D eigenvalue weighted by Crippen LogP contribution is 2.48. The van der Waals surface area contributed by atoms with Crippen LogP contribution in [0.1, 0.15) is 361 Å². The first-order chi connectivity index (χ1) is 55.1. The molecule has 5 aliphatic rings. The van der Waals surface area contributed by atoms with Crippen molar-refractivity contribution in [2.75, 3.05) is 152 Å². The van der Waals surface area contributed by atoms with Gasteiger partial charge in [-0.2, -0.15) is 49.9 Å². The number of rotatable bonds is 43. The lowest BCUT2D eigenvalue weighted by atomic mass is 9.76. The van der Waals surface area contributed by atoms with Gasteiger partial charge in [0.05, 0.1) is 20.4 Å². The second-order valence-electron chi connectivity index (χ2n) is 43.4. The molecule has 0 amide bonds. The Morgan fingerprint density at radius 2 is 0.415 bits per heavy atom. The molecule has 5 fully saturated rings. The highest BCUT2D eigenvalue weighted by molar-refractivity contribution is 5.55. The van der Waals surface area contributed by atoms with Crippen molar-refractivity contribution in [2.45, 2.75) is 446 Å². The Morgan fingerprint density at radius 1 is 0.254 bits per heavy atom. The highest BCUT2D eigenvalue weighted by atomic mass is 16.7. The number of nitrogens with zero attached hydrogens (tertiary/aromatic N) is 23. The van der Waals surface area contributed by atoms with Gasteiger partial charge in [-0.15, -0.1) is 0 Å². The number of hydrogen-bond acceptors (Lipinski definition) is 24. The Kier molecular flexibility index (Phi) is 33.6. The molecular formula is C94H179N23O. The molecule has 8 heterocycles. The van der Waals surface area contributed by atoms with Gasteiger partial charge < -0.3 is 48.9 Å².